The summed E-state index contributed by atoms with van der Waals surface area (Å²) in [5.41, 5.74) is 1.36. The van der Waals surface area contributed by atoms with Crippen molar-refractivity contribution in [3.05, 3.63) is 71.2 Å². The van der Waals surface area contributed by atoms with Gasteiger partial charge in [0.05, 0.1) is 10.9 Å². The lowest BCUT2D eigenvalue weighted by atomic mass is 10.1. The van der Waals surface area contributed by atoms with Crippen molar-refractivity contribution in [3.8, 4) is 22.6 Å². The maximum Gasteiger partial charge on any atom is 0.213 e. The fraction of sp³-hybridized carbons (Fsp3) is 0.0556. The number of aromatic hydroxyl groups is 1. The van der Waals surface area contributed by atoms with E-state index in [2.05, 4.69) is 14.7 Å². The van der Waals surface area contributed by atoms with Crippen molar-refractivity contribution < 1.29 is 18.8 Å². The zero-order chi connectivity index (χ0) is 17.2. The number of phenols is 1. The lowest BCUT2D eigenvalue weighted by Gasteiger charge is -2.06. The fourth-order valence-corrected chi connectivity index (χ4v) is 2.44. The Balaban J connectivity index is 1.67. The van der Waals surface area contributed by atoms with Gasteiger partial charge in [-0.1, -0.05) is 17.3 Å². The van der Waals surface area contributed by atoms with Crippen LogP contribution in [0.4, 0.5) is 0 Å². The van der Waals surface area contributed by atoms with Crippen molar-refractivity contribution in [2.45, 2.75) is 6.61 Å². The first-order chi connectivity index (χ1) is 12.2. The number of nitrogens with zero attached hydrogens (tertiary/aromatic N) is 2. The number of aromatic nitrogens is 2. The average molecular weight is 336 g/mol. The van der Waals surface area contributed by atoms with Crippen LogP contribution in [0.2, 0.25) is 0 Å². The van der Waals surface area contributed by atoms with Crippen LogP contribution in [0.1, 0.15) is 5.82 Å². The standard InChI is InChI=1S/C18H12N2O5/c21-12-3-1-11(2-4-12)15-8-24-16-7-13(5-6-14(16)18(15)22)23-9-17-19-10-25-20-17/h1-8,10,21H,9H2. The first-order valence-corrected chi connectivity index (χ1v) is 7.44. The molecular formula is C18H12N2O5. The Kier molecular flexibility index (Phi) is 3.66. The lowest BCUT2D eigenvalue weighted by Crippen LogP contribution is -2.05. The molecule has 7 nitrogen and oxygen atoms in total. The highest BCUT2D eigenvalue weighted by molar-refractivity contribution is 5.82. The molecule has 1 N–H and O–H groups in total. The Morgan fingerprint density at radius 3 is 2.72 bits per heavy atom. The van der Waals surface area contributed by atoms with Crippen LogP contribution < -0.4 is 10.2 Å². The predicted octanol–water partition coefficient (Wildman–Crippen LogP) is 3.13. The molecule has 2 heterocycles. The second-order valence-electron chi connectivity index (χ2n) is 5.32. The Hall–Kier alpha value is -3.61. The number of ether oxygens (including phenoxy) is 1. The molecule has 2 aromatic heterocycles. The number of hydrogen-bond acceptors (Lipinski definition) is 7. The normalized spacial score (nSPS) is 10.9. The summed E-state index contributed by atoms with van der Waals surface area (Å²) in [4.78, 5) is 16.5. The SMILES string of the molecule is O=c1c(-c2ccc(O)cc2)coc2cc(OCc3ncon3)ccc12. The molecule has 0 unspecified atom stereocenters. The van der Waals surface area contributed by atoms with Gasteiger partial charge in [0.15, 0.2) is 12.0 Å². The van der Waals surface area contributed by atoms with E-state index < -0.39 is 0 Å². The van der Waals surface area contributed by atoms with E-state index in [1.807, 2.05) is 0 Å². The molecule has 0 fully saturated rings. The van der Waals surface area contributed by atoms with Crippen LogP contribution in [0.25, 0.3) is 22.1 Å². The Labute approximate surface area is 141 Å². The Morgan fingerprint density at radius 2 is 1.96 bits per heavy atom. The molecule has 0 aliphatic rings. The first kappa shape index (κ1) is 14.9. The minimum atomic E-state index is -0.156. The smallest absolute Gasteiger partial charge is 0.213 e. The van der Waals surface area contributed by atoms with Gasteiger partial charge in [0, 0.05) is 6.07 Å². The van der Waals surface area contributed by atoms with Gasteiger partial charge in [-0.15, -0.1) is 0 Å². The third-order valence-corrected chi connectivity index (χ3v) is 3.70. The van der Waals surface area contributed by atoms with E-state index in [9.17, 15) is 9.90 Å². The van der Waals surface area contributed by atoms with Crippen LogP contribution in [0.5, 0.6) is 11.5 Å². The summed E-state index contributed by atoms with van der Waals surface area (Å²) in [5.74, 6) is 1.08. The summed E-state index contributed by atoms with van der Waals surface area (Å²) in [7, 11) is 0. The van der Waals surface area contributed by atoms with E-state index in [1.54, 1.807) is 30.3 Å². The van der Waals surface area contributed by atoms with Crippen LogP contribution in [0, 0.1) is 0 Å². The molecule has 0 saturated carbocycles. The molecule has 0 aliphatic carbocycles. The molecule has 0 radical (unpaired) electrons. The van der Waals surface area contributed by atoms with Gasteiger partial charge in [-0.05, 0) is 29.8 Å². The van der Waals surface area contributed by atoms with E-state index in [0.29, 0.717) is 33.7 Å². The van der Waals surface area contributed by atoms with Gasteiger partial charge >= 0.3 is 0 Å². The zero-order valence-corrected chi connectivity index (χ0v) is 12.9. The number of benzene rings is 2. The molecule has 0 atom stereocenters. The van der Waals surface area contributed by atoms with Crippen LogP contribution in [0.15, 0.2) is 68.9 Å². The molecule has 2 aromatic carbocycles. The molecule has 4 rings (SSSR count). The molecule has 0 bridgehead atoms. The highest BCUT2D eigenvalue weighted by atomic mass is 16.5. The molecule has 25 heavy (non-hydrogen) atoms. The summed E-state index contributed by atoms with van der Waals surface area (Å²) in [6.07, 6.45) is 2.63. The largest absolute Gasteiger partial charge is 0.508 e. The summed E-state index contributed by atoms with van der Waals surface area (Å²) >= 11 is 0. The number of rotatable bonds is 4. The summed E-state index contributed by atoms with van der Waals surface area (Å²) in [6, 6.07) is 11.3. The predicted molar refractivity (Wildman–Crippen MR) is 88.2 cm³/mol. The van der Waals surface area contributed by atoms with Gasteiger partial charge in [-0.25, -0.2) is 0 Å². The molecule has 0 spiro atoms. The maximum atomic E-state index is 12.7. The van der Waals surface area contributed by atoms with Crippen LogP contribution in [-0.2, 0) is 6.61 Å². The van der Waals surface area contributed by atoms with E-state index in [0.717, 1.165) is 0 Å². The second-order valence-corrected chi connectivity index (χ2v) is 5.32. The Morgan fingerprint density at radius 1 is 1.12 bits per heavy atom. The van der Waals surface area contributed by atoms with Gasteiger partial charge in [0.25, 0.3) is 0 Å². The highest BCUT2D eigenvalue weighted by Crippen LogP contribution is 2.24. The van der Waals surface area contributed by atoms with Crippen molar-refractivity contribution in [1.82, 2.24) is 10.1 Å². The zero-order valence-electron chi connectivity index (χ0n) is 12.9. The first-order valence-electron chi connectivity index (χ1n) is 7.44. The van der Waals surface area contributed by atoms with Gasteiger partial charge in [-0.2, -0.15) is 4.98 Å². The maximum absolute atomic E-state index is 12.7. The molecular weight excluding hydrogens is 324 g/mol. The monoisotopic (exact) mass is 336 g/mol. The van der Waals surface area contributed by atoms with E-state index in [4.69, 9.17) is 9.15 Å². The molecule has 124 valence electrons. The number of fused-ring (bicyclic) bond motifs is 1. The topological polar surface area (TPSA) is 98.6 Å². The number of hydrogen-bond donors (Lipinski definition) is 1. The van der Waals surface area contributed by atoms with E-state index in [-0.39, 0.29) is 17.8 Å². The minimum Gasteiger partial charge on any atom is -0.508 e. The fourth-order valence-electron chi connectivity index (χ4n) is 2.44. The van der Waals surface area contributed by atoms with Gasteiger partial charge in [0.1, 0.15) is 23.3 Å². The van der Waals surface area contributed by atoms with E-state index >= 15 is 0 Å². The van der Waals surface area contributed by atoms with Gasteiger partial charge in [-0.3, -0.25) is 4.79 Å². The molecule has 0 aliphatic heterocycles. The summed E-state index contributed by atoms with van der Waals surface area (Å²) in [6.45, 7) is 0.151. The van der Waals surface area contributed by atoms with Crippen molar-refractivity contribution >= 4 is 11.0 Å². The Bertz CT molecular complexity index is 1070. The summed E-state index contributed by atoms with van der Waals surface area (Å²) < 4.78 is 15.8. The third-order valence-electron chi connectivity index (χ3n) is 3.70. The highest BCUT2D eigenvalue weighted by Gasteiger charge is 2.10. The van der Waals surface area contributed by atoms with Gasteiger partial charge < -0.3 is 18.8 Å². The van der Waals surface area contributed by atoms with Crippen molar-refractivity contribution in [3.63, 3.8) is 0 Å². The molecule has 7 heteroatoms. The van der Waals surface area contributed by atoms with Crippen molar-refractivity contribution in [1.29, 1.82) is 0 Å². The van der Waals surface area contributed by atoms with Crippen LogP contribution >= 0.6 is 0 Å². The molecule has 0 amide bonds. The molecule has 0 saturated heterocycles. The van der Waals surface area contributed by atoms with Crippen LogP contribution in [0.3, 0.4) is 0 Å². The van der Waals surface area contributed by atoms with Crippen molar-refractivity contribution in [2.24, 2.45) is 0 Å². The summed E-state index contributed by atoms with van der Waals surface area (Å²) in [5, 5.41) is 13.5. The lowest BCUT2D eigenvalue weighted by molar-refractivity contribution is 0.286. The third kappa shape index (κ3) is 2.94. The minimum absolute atomic E-state index is 0.136. The van der Waals surface area contributed by atoms with Crippen LogP contribution in [-0.4, -0.2) is 15.2 Å². The second kappa shape index (κ2) is 6.12. The quantitative estimate of drug-likeness (QED) is 0.611. The van der Waals surface area contributed by atoms with Crippen molar-refractivity contribution in [2.75, 3.05) is 0 Å². The van der Waals surface area contributed by atoms with Gasteiger partial charge in [0.2, 0.25) is 12.2 Å². The number of phenolic OH excluding ortho intramolecular Hbond substituents is 1. The molecule has 4 aromatic rings. The average Bonchev–Trinajstić information content (AvgIpc) is 3.15. The van der Waals surface area contributed by atoms with E-state index in [1.165, 1.54) is 24.8 Å².